The lowest BCUT2D eigenvalue weighted by Gasteiger charge is -2.50. The van der Waals surface area contributed by atoms with Gasteiger partial charge >= 0.3 is 5.69 Å². The van der Waals surface area contributed by atoms with Crippen molar-refractivity contribution < 1.29 is 14.4 Å². The summed E-state index contributed by atoms with van der Waals surface area (Å²) in [7, 11) is 0. The summed E-state index contributed by atoms with van der Waals surface area (Å²) >= 11 is 6.07. The monoisotopic (exact) mass is 350 g/mol. The molecule has 0 aromatic heterocycles. The van der Waals surface area contributed by atoms with Gasteiger partial charge in [0.1, 0.15) is 0 Å². The van der Waals surface area contributed by atoms with Crippen molar-refractivity contribution >= 4 is 23.4 Å². The topological polar surface area (TPSA) is 64.8 Å². The summed E-state index contributed by atoms with van der Waals surface area (Å²) in [6.07, 6.45) is 5.99. The summed E-state index contributed by atoms with van der Waals surface area (Å²) < 4.78 is 11.9. The maximum atomic E-state index is 11.5. The van der Waals surface area contributed by atoms with Crippen LogP contribution in [-0.2, 0) is 4.74 Å². The van der Waals surface area contributed by atoms with Crippen molar-refractivity contribution in [1.29, 1.82) is 0 Å². The Labute approximate surface area is 145 Å². The highest BCUT2D eigenvalue weighted by Gasteiger charge is 2.48. The van der Waals surface area contributed by atoms with Gasteiger partial charge in [-0.15, -0.1) is 0 Å². The van der Waals surface area contributed by atoms with Crippen LogP contribution in [0.25, 0.3) is 6.08 Å². The van der Waals surface area contributed by atoms with E-state index in [0.717, 1.165) is 38.8 Å². The van der Waals surface area contributed by atoms with E-state index in [4.69, 9.17) is 21.1 Å². The third kappa shape index (κ3) is 2.49. The molecule has 2 aliphatic heterocycles. The van der Waals surface area contributed by atoms with Gasteiger partial charge in [0, 0.05) is 36.2 Å². The molecule has 0 spiro atoms. The molecular weight excluding hydrogens is 332 g/mol. The van der Waals surface area contributed by atoms with E-state index in [9.17, 15) is 10.1 Å². The molecule has 4 rings (SSSR count). The normalized spacial score (nSPS) is 26.8. The highest BCUT2D eigenvalue weighted by molar-refractivity contribution is 6.31. The average molecular weight is 351 g/mol. The number of fused-ring (bicyclic) bond motifs is 2. The van der Waals surface area contributed by atoms with Crippen molar-refractivity contribution in [2.24, 2.45) is 0 Å². The van der Waals surface area contributed by atoms with Gasteiger partial charge in [0.15, 0.2) is 5.72 Å². The molecule has 1 saturated carbocycles. The molecule has 24 heavy (non-hydrogen) atoms. The van der Waals surface area contributed by atoms with Crippen molar-refractivity contribution in [1.82, 2.24) is 4.90 Å². The van der Waals surface area contributed by atoms with Crippen molar-refractivity contribution in [3.63, 3.8) is 0 Å². The number of hydrogen-bond donors (Lipinski definition) is 0. The minimum atomic E-state index is -0.576. The molecule has 1 aromatic carbocycles. The first kappa shape index (κ1) is 15.9. The van der Waals surface area contributed by atoms with E-state index in [2.05, 4.69) is 4.90 Å². The summed E-state index contributed by atoms with van der Waals surface area (Å²) in [5.41, 5.74) is 1.26. The molecule has 1 aliphatic carbocycles. The van der Waals surface area contributed by atoms with Gasteiger partial charge in [-0.3, -0.25) is 15.0 Å². The summed E-state index contributed by atoms with van der Waals surface area (Å²) in [4.78, 5) is 13.3. The first-order chi connectivity index (χ1) is 11.6. The standard InChI is InChI=1S/C17H19ClN2O4/c18-14-10-12-9-13-3-1-2-4-17(13,19-5-7-23-8-6-19)24-16(12)15(11-14)20(21)22/h9-11H,1-8H2/t17-/m1/s1. The van der Waals surface area contributed by atoms with Gasteiger partial charge < -0.3 is 9.47 Å². The fourth-order valence-corrected chi connectivity index (χ4v) is 4.22. The molecule has 128 valence electrons. The number of hydrogen-bond acceptors (Lipinski definition) is 5. The molecule has 2 fully saturated rings. The molecule has 7 heteroatoms. The molecule has 2 heterocycles. The predicted octanol–water partition coefficient (Wildman–Crippen LogP) is 3.63. The number of rotatable bonds is 2. The van der Waals surface area contributed by atoms with Gasteiger partial charge in [-0.2, -0.15) is 0 Å². The molecule has 1 aromatic rings. The van der Waals surface area contributed by atoms with Crippen LogP contribution in [0, 0.1) is 10.1 Å². The molecule has 0 unspecified atom stereocenters. The Bertz CT molecular complexity index is 715. The van der Waals surface area contributed by atoms with Crippen molar-refractivity contribution in [3.05, 3.63) is 38.4 Å². The molecule has 3 aliphatic rings. The zero-order valence-electron chi connectivity index (χ0n) is 13.3. The zero-order valence-corrected chi connectivity index (χ0v) is 14.1. The Morgan fingerprint density at radius 2 is 2.04 bits per heavy atom. The van der Waals surface area contributed by atoms with Crippen LogP contribution < -0.4 is 4.74 Å². The molecule has 0 N–H and O–H groups in total. The van der Waals surface area contributed by atoms with Crippen LogP contribution in [0.5, 0.6) is 5.75 Å². The molecular formula is C17H19ClN2O4. The number of nitro benzene ring substituents is 1. The molecule has 0 amide bonds. The fraction of sp³-hybridized carbons (Fsp3) is 0.529. The van der Waals surface area contributed by atoms with Crippen LogP contribution in [0.15, 0.2) is 17.7 Å². The Kier molecular flexibility index (Phi) is 3.98. The van der Waals surface area contributed by atoms with Crippen LogP contribution >= 0.6 is 11.6 Å². The summed E-state index contributed by atoms with van der Waals surface area (Å²) in [5, 5.41) is 11.8. The van der Waals surface area contributed by atoms with E-state index >= 15 is 0 Å². The largest absolute Gasteiger partial charge is 0.461 e. The van der Waals surface area contributed by atoms with E-state index in [-0.39, 0.29) is 5.69 Å². The second-order valence-electron chi connectivity index (χ2n) is 6.46. The first-order valence-corrected chi connectivity index (χ1v) is 8.69. The molecule has 1 atom stereocenters. The lowest BCUT2D eigenvalue weighted by molar-refractivity contribution is -0.386. The highest BCUT2D eigenvalue weighted by atomic mass is 35.5. The van der Waals surface area contributed by atoms with Gasteiger partial charge in [-0.1, -0.05) is 11.6 Å². The molecule has 0 radical (unpaired) electrons. The van der Waals surface area contributed by atoms with Crippen LogP contribution in [0.3, 0.4) is 0 Å². The van der Waals surface area contributed by atoms with Crippen molar-refractivity contribution in [3.8, 4) is 5.75 Å². The minimum Gasteiger partial charge on any atom is -0.461 e. The third-order valence-electron chi connectivity index (χ3n) is 5.10. The van der Waals surface area contributed by atoms with E-state index in [0.29, 0.717) is 29.5 Å². The number of ether oxygens (including phenoxy) is 2. The molecule has 0 bridgehead atoms. The summed E-state index contributed by atoms with van der Waals surface area (Å²) in [6.45, 7) is 2.87. The van der Waals surface area contributed by atoms with Crippen LogP contribution in [0.1, 0.15) is 31.2 Å². The van der Waals surface area contributed by atoms with Gasteiger partial charge in [0.2, 0.25) is 5.75 Å². The fourth-order valence-electron chi connectivity index (χ4n) is 4.00. The number of nitrogens with zero attached hydrogens (tertiary/aromatic N) is 2. The minimum absolute atomic E-state index is 0.0639. The Balaban J connectivity index is 1.84. The predicted molar refractivity (Wildman–Crippen MR) is 90.3 cm³/mol. The quantitative estimate of drug-likeness (QED) is 0.602. The first-order valence-electron chi connectivity index (χ1n) is 8.31. The van der Waals surface area contributed by atoms with E-state index in [1.54, 1.807) is 6.07 Å². The molecule has 1 saturated heterocycles. The Morgan fingerprint density at radius 1 is 1.25 bits per heavy atom. The van der Waals surface area contributed by atoms with E-state index in [1.807, 2.05) is 6.08 Å². The van der Waals surface area contributed by atoms with Gasteiger partial charge in [-0.25, -0.2) is 0 Å². The zero-order chi connectivity index (χ0) is 16.7. The lowest BCUT2D eigenvalue weighted by atomic mass is 9.82. The average Bonchev–Trinajstić information content (AvgIpc) is 2.60. The second-order valence-corrected chi connectivity index (χ2v) is 6.90. The van der Waals surface area contributed by atoms with Crippen LogP contribution in [0.4, 0.5) is 5.69 Å². The maximum Gasteiger partial charge on any atom is 0.313 e. The SMILES string of the molecule is O=[N+]([O-])c1cc(Cl)cc2c1O[C@]1(N3CCOCC3)CCCCC1=C2. The van der Waals surface area contributed by atoms with Gasteiger partial charge in [-0.05, 0) is 37.0 Å². The van der Waals surface area contributed by atoms with Gasteiger partial charge in [0.25, 0.3) is 0 Å². The van der Waals surface area contributed by atoms with E-state index in [1.165, 1.54) is 11.6 Å². The summed E-state index contributed by atoms with van der Waals surface area (Å²) in [5.74, 6) is 0.335. The summed E-state index contributed by atoms with van der Waals surface area (Å²) in [6, 6.07) is 3.11. The van der Waals surface area contributed by atoms with Crippen LogP contribution in [0.2, 0.25) is 5.02 Å². The number of halogens is 1. The molecule has 6 nitrogen and oxygen atoms in total. The lowest BCUT2D eigenvalue weighted by Crippen LogP contribution is -2.59. The van der Waals surface area contributed by atoms with Crippen molar-refractivity contribution in [2.75, 3.05) is 26.3 Å². The number of benzene rings is 1. The number of morpholine rings is 1. The van der Waals surface area contributed by atoms with Gasteiger partial charge in [0.05, 0.1) is 18.1 Å². The Hall–Kier alpha value is -1.63. The Morgan fingerprint density at radius 3 is 2.79 bits per heavy atom. The third-order valence-corrected chi connectivity index (χ3v) is 5.31. The number of nitro groups is 1. The van der Waals surface area contributed by atoms with E-state index < -0.39 is 10.6 Å². The smallest absolute Gasteiger partial charge is 0.313 e. The van der Waals surface area contributed by atoms with Crippen LogP contribution in [-0.4, -0.2) is 41.9 Å². The van der Waals surface area contributed by atoms with Crippen molar-refractivity contribution in [2.45, 2.75) is 31.4 Å². The highest BCUT2D eigenvalue weighted by Crippen LogP contribution is 2.49. The maximum absolute atomic E-state index is 11.5. The second kappa shape index (κ2) is 6.02.